The molecule has 0 spiro atoms. The molecule has 0 aliphatic heterocycles. The molecule has 3 heteroatoms. The highest BCUT2D eigenvalue weighted by Crippen LogP contribution is 2.13. The van der Waals surface area contributed by atoms with E-state index in [1.54, 1.807) is 0 Å². The summed E-state index contributed by atoms with van der Waals surface area (Å²) in [6.45, 7) is 4.26. The average molecular weight is 243 g/mol. The molecule has 0 saturated carbocycles. The van der Waals surface area contributed by atoms with Crippen molar-refractivity contribution in [1.82, 2.24) is 9.55 Å². The van der Waals surface area contributed by atoms with E-state index in [0.29, 0.717) is 0 Å². The normalized spacial score (nSPS) is 12.7. The van der Waals surface area contributed by atoms with Crippen LogP contribution in [0.5, 0.6) is 0 Å². The quantitative estimate of drug-likeness (QED) is 0.894. The molecule has 96 valence electrons. The first-order chi connectivity index (χ1) is 8.56. The number of hydrogen-bond acceptors (Lipinski definition) is 2. The molecule has 0 aliphatic carbocycles. The molecule has 1 aromatic carbocycles. The largest absolute Gasteiger partial charge is 0.338 e. The maximum atomic E-state index is 6.23. The van der Waals surface area contributed by atoms with Gasteiger partial charge in [0, 0.05) is 31.9 Å². The van der Waals surface area contributed by atoms with Gasteiger partial charge in [-0.3, -0.25) is 0 Å². The van der Waals surface area contributed by atoms with Crippen LogP contribution in [0.15, 0.2) is 30.6 Å². The number of aromatic nitrogens is 2. The van der Waals surface area contributed by atoms with E-state index in [0.717, 1.165) is 18.7 Å². The van der Waals surface area contributed by atoms with Crippen LogP contribution in [0.1, 0.15) is 22.5 Å². The van der Waals surface area contributed by atoms with Gasteiger partial charge in [-0.1, -0.05) is 23.8 Å². The smallest absolute Gasteiger partial charge is 0.109 e. The number of hydrogen-bond donors (Lipinski definition) is 1. The molecule has 2 N–H and O–H groups in total. The lowest BCUT2D eigenvalue weighted by molar-refractivity contribution is 0.621. The standard InChI is InChI=1S/C15H21N3/c1-11-4-5-12(2)13(8-11)9-14(16)10-15-17-6-7-18(15)3/h4-8,14H,9-10,16H2,1-3H3. The van der Waals surface area contributed by atoms with Crippen molar-refractivity contribution < 1.29 is 0 Å². The van der Waals surface area contributed by atoms with E-state index in [-0.39, 0.29) is 6.04 Å². The Balaban J connectivity index is 2.05. The van der Waals surface area contributed by atoms with Crippen LogP contribution in [0.2, 0.25) is 0 Å². The minimum absolute atomic E-state index is 0.117. The zero-order valence-corrected chi connectivity index (χ0v) is 11.4. The van der Waals surface area contributed by atoms with Crippen molar-refractivity contribution in [3.63, 3.8) is 0 Å². The fourth-order valence-electron chi connectivity index (χ4n) is 2.20. The molecule has 1 unspecified atom stereocenters. The molecule has 2 rings (SSSR count). The van der Waals surface area contributed by atoms with Gasteiger partial charge < -0.3 is 10.3 Å². The Morgan fingerprint density at radius 2 is 2.06 bits per heavy atom. The Bertz CT molecular complexity index is 528. The highest BCUT2D eigenvalue weighted by molar-refractivity contribution is 5.31. The molecule has 1 heterocycles. The van der Waals surface area contributed by atoms with Crippen molar-refractivity contribution in [1.29, 1.82) is 0 Å². The van der Waals surface area contributed by atoms with Gasteiger partial charge in [0.2, 0.25) is 0 Å². The summed E-state index contributed by atoms with van der Waals surface area (Å²) in [5.41, 5.74) is 10.2. The van der Waals surface area contributed by atoms with Crippen molar-refractivity contribution in [2.24, 2.45) is 12.8 Å². The van der Waals surface area contributed by atoms with Gasteiger partial charge in [0.15, 0.2) is 0 Å². The highest BCUT2D eigenvalue weighted by atomic mass is 15.0. The second kappa shape index (κ2) is 5.36. The molecule has 1 aromatic heterocycles. The van der Waals surface area contributed by atoms with E-state index in [2.05, 4.69) is 37.0 Å². The molecule has 0 amide bonds. The van der Waals surface area contributed by atoms with Crippen molar-refractivity contribution in [2.45, 2.75) is 32.7 Å². The minimum Gasteiger partial charge on any atom is -0.338 e. The molecular weight excluding hydrogens is 222 g/mol. The Kier molecular flexibility index (Phi) is 3.82. The zero-order chi connectivity index (χ0) is 13.1. The Hall–Kier alpha value is -1.61. The summed E-state index contributed by atoms with van der Waals surface area (Å²) in [5, 5.41) is 0. The van der Waals surface area contributed by atoms with Gasteiger partial charge in [-0.15, -0.1) is 0 Å². The van der Waals surface area contributed by atoms with Gasteiger partial charge in [0.1, 0.15) is 5.82 Å². The maximum Gasteiger partial charge on any atom is 0.109 e. The fraction of sp³-hybridized carbons (Fsp3) is 0.400. The first-order valence-electron chi connectivity index (χ1n) is 6.34. The second-order valence-electron chi connectivity index (χ2n) is 5.05. The van der Waals surface area contributed by atoms with E-state index in [4.69, 9.17) is 5.73 Å². The van der Waals surface area contributed by atoms with Crippen LogP contribution in [0.4, 0.5) is 0 Å². The number of imidazole rings is 1. The van der Waals surface area contributed by atoms with Crippen molar-refractivity contribution in [2.75, 3.05) is 0 Å². The summed E-state index contributed by atoms with van der Waals surface area (Å²) < 4.78 is 2.03. The van der Waals surface area contributed by atoms with Crippen LogP contribution in [-0.2, 0) is 19.9 Å². The van der Waals surface area contributed by atoms with Crippen LogP contribution in [0.3, 0.4) is 0 Å². The van der Waals surface area contributed by atoms with Gasteiger partial charge >= 0.3 is 0 Å². The van der Waals surface area contributed by atoms with E-state index < -0.39 is 0 Å². The van der Waals surface area contributed by atoms with E-state index in [1.165, 1.54) is 16.7 Å². The average Bonchev–Trinajstić information content (AvgIpc) is 2.70. The lowest BCUT2D eigenvalue weighted by atomic mass is 9.98. The molecule has 3 nitrogen and oxygen atoms in total. The van der Waals surface area contributed by atoms with E-state index in [9.17, 15) is 0 Å². The van der Waals surface area contributed by atoms with Crippen LogP contribution < -0.4 is 5.73 Å². The van der Waals surface area contributed by atoms with E-state index >= 15 is 0 Å². The first-order valence-corrected chi connectivity index (χ1v) is 6.34. The number of benzene rings is 1. The SMILES string of the molecule is Cc1ccc(C)c(CC(N)Cc2nccn2C)c1. The fourth-order valence-corrected chi connectivity index (χ4v) is 2.20. The van der Waals surface area contributed by atoms with Crippen molar-refractivity contribution in [3.8, 4) is 0 Å². The van der Waals surface area contributed by atoms with Gasteiger partial charge in [0.05, 0.1) is 0 Å². The molecule has 0 saturated heterocycles. The predicted octanol–water partition coefficient (Wildman–Crippen LogP) is 2.15. The zero-order valence-electron chi connectivity index (χ0n) is 11.4. The minimum atomic E-state index is 0.117. The lowest BCUT2D eigenvalue weighted by Gasteiger charge is -2.14. The Morgan fingerprint density at radius 1 is 1.28 bits per heavy atom. The lowest BCUT2D eigenvalue weighted by Crippen LogP contribution is -2.27. The number of aryl methyl sites for hydroxylation is 3. The van der Waals surface area contributed by atoms with Crippen molar-refractivity contribution in [3.05, 3.63) is 53.1 Å². The summed E-state index contributed by atoms with van der Waals surface area (Å²) in [6.07, 6.45) is 5.50. The first kappa shape index (κ1) is 12.8. The predicted molar refractivity (Wildman–Crippen MR) is 74.5 cm³/mol. The summed E-state index contributed by atoms with van der Waals surface area (Å²) in [6, 6.07) is 6.65. The van der Waals surface area contributed by atoms with Gasteiger partial charge in [-0.25, -0.2) is 4.98 Å². The summed E-state index contributed by atoms with van der Waals surface area (Å²) in [5.74, 6) is 1.05. The molecule has 2 aromatic rings. The topological polar surface area (TPSA) is 43.8 Å². The molecule has 0 radical (unpaired) electrons. The Morgan fingerprint density at radius 3 is 2.72 bits per heavy atom. The van der Waals surface area contributed by atoms with Crippen LogP contribution in [0.25, 0.3) is 0 Å². The molecular formula is C15H21N3. The summed E-state index contributed by atoms with van der Waals surface area (Å²) in [4.78, 5) is 4.32. The van der Waals surface area contributed by atoms with Crippen LogP contribution in [0, 0.1) is 13.8 Å². The third-order valence-electron chi connectivity index (χ3n) is 3.35. The maximum absolute atomic E-state index is 6.23. The van der Waals surface area contributed by atoms with Gasteiger partial charge in [-0.05, 0) is 31.4 Å². The highest BCUT2D eigenvalue weighted by Gasteiger charge is 2.10. The summed E-state index contributed by atoms with van der Waals surface area (Å²) >= 11 is 0. The summed E-state index contributed by atoms with van der Waals surface area (Å²) in [7, 11) is 2.01. The van der Waals surface area contributed by atoms with Crippen molar-refractivity contribution >= 4 is 0 Å². The molecule has 1 atom stereocenters. The molecule has 0 aliphatic rings. The number of rotatable bonds is 4. The molecule has 0 fully saturated rings. The van der Waals surface area contributed by atoms with E-state index in [1.807, 2.05) is 24.0 Å². The van der Waals surface area contributed by atoms with Crippen LogP contribution >= 0.6 is 0 Å². The van der Waals surface area contributed by atoms with Gasteiger partial charge in [-0.2, -0.15) is 0 Å². The molecule has 18 heavy (non-hydrogen) atoms. The number of nitrogens with two attached hydrogens (primary N) is 1. The Labute approximate surface area is 109 Å². The third kappa shape index (κ3) is 2.99. The molecule has 0 bridgehead atoms. The van der Waals surface area contributed by atoms with Crippen LogP contribution in [-0.4, -0.2) is 15.6 Å². The third-order valence-corrected chi connectivity index (χ3v) is 3.35. The second-order valence-corrected chi connectivity index (χ2v) is 5.05. The van der Waals surface area contributed by atoms with Gasteiger partial charge in [0.25, 0.3) is 0 Å². The number of nitrogens with zero attached hydrogens (tertiary/aromatic N) is 2. The monoisotopic (exact) mass is 243 g/mol.